The largest absolute Gasteiger partial charge is 0.452 e. The minimum atomic E-state index is -0.724. The first kappa shape index (κ1) is 29.9. The number of nitrogens with one attached hydrogen (secondary N) is 1. The van der Waals surface area contributed by atoms with Gasteiger partial charge in [0.15, 0.2) is 0 Å². The molecule has 1 amide bonds. The molecule has 0 bridgehead atoms. The van der Waals surface area contributed by atoms with E-state index in [0.29, 0.717) is 12.0 Å². The molecule has 0 aliphatic heterocycles. The number of amides is 1. The van der Waals surface area contributed by atoms with Gasteiger partial charge in [-0.1, -0.05) is 108 Å². The van der Waals surface area contributed by atoms with Gasteiger partial charge >= 0.3 is 5.97 Å². The van der Waals surface area contributed by atoms with Crippen molar-refractivity contribution in [2.45, 2.75) is 116 Å². The summed E-state index contributed by atoms with van der Waals surface area (Å²) in [5, 5.41) is 12.6. The van der Waals surface area contributed by atoms with Crippen molar-refractivity contribution in [3.8, 4) is 0 Å². The number of esters is 1. The number of hydrogen-bond donors (Lipinski definition) is 2. The van der Waals surface area contributed by atoms with Gasteiger partial charge < -0.3 is 15.2 Å². The van der Waals surface area contributed by atoms with Gasteiger partial charge in [-0.15, -0.1) is 0 Å². The summed E-state index contributed by atoms with van der Waals surface area (Å²) in [6, 6.07) is 8.04. The normalized spacial score (nSPS) is 13.0. The third-order valence-electron chi connectivity index (χ3n) is 6.08. The fraction of sp³-hybridized carbons (Fsp3) is 0.655. The molecule has 0 spiro atoms. The molecule has 2 N–H and O–H groups in total. The van der Waals surface area contributed by atoms with Gasteiger partial charge in [0.1, 0.15) is 6.10 Å². The van der Waals surface area contributed by atoms with Crippen LogP contribution in [0, 0.1) is 0 Å². The van der Waals surface area contributed by atoms with Crippen LogP contribution in [0.5, 0.6) is 0 Å². The fourth-order valence-corrected chi connectivity index (χ4v) is 4.03. The average molecular weight is 474 g/mol. The zero-order chi connectivity index (χ0) is 24.9. The Hall–Kier alpha value is -2.14. The lowest BCUT2D eigenvalue weighted by Crippen LogP contribution is -2.46. The first-order chi connectivity index (χ1) is 16.6. The van der Waals surface area contributed by atoms with Crippen molar-refractivity contribution in [1.82, 2.24) is 5.32 Å². The number of carbonyl (C=O) groups is 2. The molecule has 192 valence electrons. The topological polar surface area (TPSA) is 75.6 Å². The molecule has 34 heavy (non-hydrogen) atoms. The van der Waals surface area contributed by atoms with Crippen LogP contribution in [-0.4, -0.2) is 35.7 Å². The molecule has 0 aliphatic rings. The highest BCUT2D eigenvalue weighted by Gasteiger charge is 2.24. The number of unbranched alkanes of at least 4 members (excludes halogenated alkanes) is 12. The molecule has 0 heterocycles. The molecular formula is C29H47NO4. The van der Waals surface area contributed by atoms with Crippen molar-refractivity contribution in [3.05, 3.63) is 48.0 Å². The van der Waals surface area contributed by atoms with E-state index in [1.807, 2.05) is 13.0 Å². The average Bonchev–Trinajstić information content (AvgIpc) is 2.85. The lowest BCUT2D eigenvalue weighted by Gasteiger charge is -2.24. The minimum Gasteiger partial charge on any atom is -0.452 e. The van der Waals surface area contributed by atoms with Crippen LogP contribution in [0.1, 0.15) is 114 Å². The van der Waals surface area contributed by atoms with E-state index in [1.54, 1.807) is 36.4 Å². The molecule has 0 unspecified atom stereocenters. The molecule has 1 rings (SSSR count). The summed E-state index contributed by atoms with van der Waals surface area (Å²) >= 11 is 0. The number of hydrogen-bond acceptors (Lipinski definition) is 4. The van der Waals surface area contributed by atoms with E-state index in [-0.39, 0.29) is 12.5 Å². The first-order valence-corrected chi connectivity index (χ1v) is 13.4. The Morgan fingerprint density at radius 1 is 0.882 bits per heavy atom. The SMILES string of the molecule is C/C=C/[C@@H](OC(=O)c1ccccc1)[C@H](CO)NC(=O)CCCCCCCCCCCCCCC. The Labute approximate surface area is 207 Å². The molecule has 0 fully saturated rings. The summed E-state index contributed by atoms with van der Waals surface area (Å²) < 4.78 is 5.55. The van der Waals surface area contributed by atoms with Crippen LogP contribution >= 0.6 is 0 Å². The fourth-order valence-electron chi connectivity index (χ4n) is 4.03. The van der Waals surface area contributed by atoms with E-state index in [2.05, 4.69) is 12.2 Å². The number of benzene rings is 1. The summed E-state index contributed by atoms with van der Waals surface area (Å²) in [6.45, 7) is 3.76. The number of ether oxygens (including phenoxy) is 1. The van der Waals surface area contributed by atoms with Gasteiger partial charge in [-0.05, 0) is 31.6 Å². The monoisotopic (exact) mass is 473 g/mol. The second-order valence-electron chi connectivity index (χ2n) is 9.11. The maximum absolute atomic E-state index is 12.4. The van der Waals surface area contributed by atoms with Crippen LogP contribution < -0.4 is 5.32 Å². The highest BCUT2D eigenvalue weighted by Crippen LogP contribution is 2.13. The van der Waals surface area contributed by atoms with Crippen molar-refractivity contribution < 1.29 is 19.4 Å². The third-order valence-corrected chi connectivity index (χ3v) is 6.08. The lowest BCUT2D eigenvalue weighted by molar-refractivity contribution is -0.123. The summed E-state index contributed by atoms with van der Waals surface area (Å²) in [7, 11) is 0. The third kappa shape index (κ3) is 14.2. The van der Waals surface area contributed by atoms with Crippen LogP contribution in [0.15, 0.2) is 42.5 Å². The Morgan fingerprint density at radius 3 is 1.91 bits per heavy atom. The molecular weight excluding hydrogens is 426 g/mol. The maximum atomic E-state index is 12.4. The number of aliphatic hydroxyl groups is 1. The lowest BCUT2D eigenvalue weighted by atomic mass is 10.0. The predicted molar refractivity (Wildman–Crippen MR) is 140 cm³/mol. The van der Waals surface area contributed by atoms with E-state index in [1.165, 1.54) is 64.2 Å². The van der Waals surface area contributed by atoms with Gasteiger partial charge in [0.25, 0.3) is 0 Å². The molecule has 1 aromatic rings. The molecule has 5 heteroatoms. The Morgan fingerprint density at radius 2 is 1.41 bits per heavy atom. The summed E-state index contributed by atoms with van der Waals surface area (Å²) in [4.78, 5) is 24.8. The Balaban J connectivity index is 2.20. The number of rotatable bonds is 20. The smallest absolute Gasteiger partial charge is 0.338 e. The maximum Gasteiger partial charge on any atom is 0.338 e. The van der Waals surface area contributed by atoms with Crippen molar-refractivity contribution in [3.63, 3.8) is 0 Å². The van der Waals surface area contributed by atoms with Crippen molar-refractivity contribution >= 4 is 11.9 Å². The zero-order valence-corrected chi connectivity index (χ0v) is 21.5. The highest BCUT2D eigenvalue weighted by molar-refractivity contribution is 5.89. The summed E-state index contributed by atoms with van der Waals surface area (Å²) in [6.07, 6.45) is 19.5. The molecule has 0 aromatic heterocycles. The van der Waals surface area contributed by atoms with Crippen LogP contribution in [0.4, 0.5) is 0 Å². The van der Waals surface area contributed by atoms with Gasteiger partial charge in [0.2, 0.25) is 5.91 Å². The van der Waals surface area contributed by atoms with E-state index in [0.717, 1.165) is 19.3 Å². The van der Waals surface area contributed by atoms with E-state index < -0.39 is 18.1 Å². The van der Waals surface area contributed by atoms with Crippen LogP contribution in [0.25, 0.3) is 0 Å². The van der Waals surface area contributed by atoms with Crippen LogP contribution in [0.3, 0.4) is 0 Å². The number of allylic oxidation sites excluding steroid dienone is 1. The molecule has 0 aliphatic carbocycles. The van der Waals surface area contributed by atoms with E-state index >= 15 is 0 Å². The Bertz CT molecular complexity index is 674. The molecule has 0 saturated heterocycles. The second-order valence-corrected chi connectivity index (χ2v) is 9.11. The minimum absolute atomic E-state index is 0.118. The van der Waals surface area contributed by atoms with Crippen molar-refractivity contribution in [1.29, 1.82) is 0 Å². The van der Waals surface area contributed by atoms with Gasteiger partial charge in [0.05, 0.1) is 18.2 Å². The first-order valence-electron chi connectivity index (χ1n) is 13.4. The standard InChI is InChI=1S/C29H47NO4/c1-3-5-6-7-8-9-10-11-12-13-14-15-19-23-28(32)30-26(24-31)27(20-4-2)34-29(33)25-21-17-16-18-22-25/h4,16-18,20-22,26-27,31H,3,5-15,19,23-24H2,1-2H3,(H,30,32)/b20-4+/t26-,27+/m0/s1. The summed E-state index contributed by atoms with van der Waals surface area (Å²) in [5.41, 5.74) is 0.437. The van der Waals surface area contributed by atoms with Crippen molar-refractivity contribution in [2.24, 2.45) is 0 Å². The molecule has 1 aromatic carbocycles. The van der Waals surface area contributed by atoms with Gasteiger partial charge in [-0.25, -0.2) is 4.79 Å². The highest BCUT2D eigenvalue weighted by atomic mass is 16.5. The van der Waals surface area contributed by atoms with Crippen LogP contribution in [-0.2, 0) is 9.53 Å². The van der Waals surface area contributed by atoms with Gasteiger partial charge in [-0.3, -0.25) is 4.79 Å². The molecule has 2 atom stereocenters. The number of carbonyl (C=O) groups excluding carboxylic acids is 2. The van der Waals surface area contributed by atoms with Gasteiger partial charge in [0, 0.05) is 6.42 Å². The van der Waals surface area contributed by atoms with Gasteiger partial charge in [-0.2, -0.15) is 0 Å². The molecule has 0 saturated carbocycles. The van der Waals surface area contributed by atoms with E-state index in [9.17, 15) is 14.7 Å². The predicted octanol–water partition coefficient (Wildman–Crippen LogP) is 6.75. The second kappa shape index (κ2) is 20.3. The zero-order valence-electron chi connectivity index (χ0n) is 21.5. The quantitative estimate of drug-likeness (QED) is 0.125. The van der Waals surface area contributed by atoms with Crippen molar-refractivity contribution in [2.75, 3.05) is 6.61 Å². The Kier molecular flexibility index (Phi) is 17.8. The molecule has 5 nitrogen and oxygen atoms in total. The van der Waals surface area contributed by atoms with Crippen LogP contribution in [0.2, 0.25) is 0 Å². The molecule has 0 radical (unpaired) electrons. The number of aliphatic hydroxyl groups excluding tert-OH is 1. The van der Waals surface area contributed by atoms with E-state index in [4.69, 9.17) is 4.74 Å². The summed E-state index contributed by atoms with van der Waals surface area (Å²) in [5.74, 6) is -0.597.